The number of benzene rings is 3. The fourth-order valence-corrected chi connectivity index (χ4v) is 5.14. The molecule has 0 unspecified atom stereocenters. The van der Waals surface area contributed by atoms with Crippen molar-refractivity contribution in [3.05, 3.63) is 87.5 Å². The lowest BCUT2D eigenvalue weighted by atomic mass is 10.0. The van der Waals surface area contributed by atoms with Gasteiger partial charge in [0.15, 0.2) is 5.82 Å². The van der Waals surface area contributed by atoms with Gasteiger partial charge in [-0.05, 0) is 35.4 Å². The maximum Gasteiger partial charge on any atom is 0.416 e. The average Bonchev–Trinajstić information content (AvgIpc) is 3.32. The van der Waals surface area contributed by atoms with E-state index in [-0.39, 0.29) is 28.8 Å². The van der Waals surface area contributed by atoms with Crippen LogP contribution in [0.4, 0.5) is 23.4 Å². The zero-order chi connectivity index (χ0) is 26.1. The Kier molecular flexibility index (Phi) is 7.23. The topological polar surface area (TPSA) is 88.5 Å². The summed E-state index contributed by atoms with van der Waals surface area (Å²) in [5.41, 5.74) is 1.48. The molecule has 6 nitrogen and oxygen atoms in total. The molecule has 0 aliphatic carbocycles. The van der Waals surface area contributed by atoms with Crippen molar-refractivity contribution < 1.29 is 35.8 Å². The highest BCUT2D eigenvalue weighted by Crippen LogP contribution is 2.41. The second-order valence-corrected chi connectivity index (χ2v) is 10.1. The normalized spacial score (nSPS) is 11.9. The standard InChI is InChI=1S/C23H15ClF4N2O4S2/c24-17-8-21(36(32,33)30-22-11-35-12-29-22)18(25)9-20(17)34-19-7-15(23(26,27)28)4-5-16(19)14-3-1-2-13(6-14)10-31/h1-9,11-12,30-31H,10H2. The zero-order valence-corrected chi connectivity index (χ0v) is 20.3. The van der Waals surface area contributed by atoms with E-state index in [0.717, 1.165) is 29.5 Å². The first kappa shape index (κ1) is 25.9. The summed E-state index contributed by atoms with van der Waals surface area (Å²) in [6.07, 6.45) is -4.70. The molecule has 0 aliphatic rings. The lowest BCUT2D eigenvalue weighted by Gasteiger charge is -2.17. The Labute approximate surface area is 211 Å². The molecule has 13 heteroatoms. The van der Waals surface area contributed by atoms with Crippen LogP contribution in [0.2, 0.25) is 5.02 Å². The Morgan fingerprint density at radius 1 is 1.08 bits per heavy atom. The van der Waals surface area contributed by atoms with Gasteiger partial charge in [-0.3, -0.25) is 4.72 Å². The van der Waals surface area contributed by atoms with Gasteiger partial charge in [-0.25, -0.2) is 17.8 Å². The second-order valence-electron chi connectivity index (χ2n) is 7.36. The summed E-state index contributed by atoms with van der Waals surface area (Å²) in [6.45, 7) is -0.299. The number of ether oxygens (including phenoxy) is 1. The van der Waals surface area contributed by atoms with Crippen LogP contribution in [0.15, 0.2) is 70.4 Å². The number of aromatic nitrogens is 1. The Bertz CT molecular complexity index is 1510. The molecule has 1 aromatic heterocycles. The van der Waals surface area contributed by atoms with E-state index in [9.17, 15) is 31.1 Å². The largest absolute Gasteiger partial charge is 0.455 e. The molecule has 0 saturated heterocycles. The molecule has 3 aromatic carbocycles. The van der Waals surface area contributed by atoms with Crippen molar-refractivity contribution in [1.29, 1.82) is 0 Å². The third-order valence-electron chi connectivity index (χ3n) is 4.90. The van der Waals surface area contributed by atoms with Crippen molar-refractivity contribution in [3.63, 3.8) is 0 Å². The van der Waals surface area contributed by atoms with Gasteiger partial charge in [0, 0.05) is 17.0 Å². The molecule has 0 bridgehead atoms. The molecule has 36 heavy (non-hydrogen) atoms. The molecule has 0 radical (unpaired) electrons. The highest BCUT2D eigenvalue weighted by Gasteiger charge is 2.32. The highest BCUT2D eigenvalue weighted by molar-refractivity contribution is 7.92. The summed E-state index contributed by atoms with van der Waals surface area (Å²) < 4.78 is 87.9. The molecule has 2 N–H and O–H groups in total. The molecule has 0 aliphatic heterocycles. The van der Waals surface area contributed by atoms with E-state index >= 15 is 0 Å². The van der Waals surface area contributed by atoms with Gasteiger partial charge in [-0.1, -0.05) is 35.9 Å². The SMILES string of the molecule is O=S(=O)(Nc1cscn1)c1cc(Cl)c(Oc2cc(C(F)(F)F)ccc2-c2cccc(CO)c2)cc1F. The van der Waals surface area contributed by atoms with E-state index in [1.165, 1.54) is 17.0 Å². The number of alkyl halides is 3. The van der Waals surface area contributed by atoms with Gasteiger partial charge >= 0.3 is 6.18 Å². The van der Waals surface area contributed by atoms with Crippen LogP contribution in [0.3, 0.4) is 0 Å². The van der Waals surface area contributed by atoms with Crippen LogP contribution in [0, 0.1) is 5.82 Å². The highest BCUT2D eigenvalue weighted by atomic mass is 35.5. The average molecular weight is 559 g/mol. The first-order valence-corrected chi connectivity index (χ1v) is 12.8. The third kappa shape index (κ3) is 5.62. The van der Waals surface area contributed by atoms with Crippen molar-refractivity contribution in [2.24, 2.45) is 0 Å². The molecule has 188 valence electrons. The van der Waals surface area contributed by atoms with Crippen LogP contribution in [-0.4, -0.2) is 18.5 Å². The molecule has 4 rings (SSSR count). The minimum atomic E-state index is -4.70. The molecule has 1 heterocycles. The number of hydrogen-bond acceptors (Lipinski definition) is 6. The van der Waals surface area contributed by atoms with Gasteiger partial charge in [0.1, 0.15) is 22.2 Å². The van der Waals surface area contributed by atoms with Gasteiger partial charge in [0.2, 0.25) is 0 Å². The number of nitrogens with zero attached hydrogens (tertiary/aromatic N) is 1. The molecule has 0 atom stereocenters. The van der Waals surface area contributed by atoms with Crippen molar-refractivity contribution in [2.75, 3.05) is 4.72 Å². The summed E-state index contributed by atoms with van der Waals surface area (Å²) >= 11 is 7.28. The predicted octanol–water partition coefficient (Wildman–Crippen LogP) is 6.71. The van der Waals surface area contributed by atoms with E-state index in [4.69, 9.17) is 16.3 Å². The van der Waals surface area contributed by atoms with Crippen LogP contribution in [0.1, 0.15) is 11.1 Å². The van der Waals surface area contributed by atoms with Crippen LogP contribution in [-0.2, 0) is 22.8 Å². The number of sulfonamides is 1. The fraction of sp³-hybridized carbons (Fsp3) is 0.0870. The lowest BCUT2D eigenvalue weighted by molar-refractivity contribution is -0.137. The van der Waals surface area contributed by atoms with Crippen molar-refractivity contribution in [3.8, 4) is 22.6 Å². The van der Waals surface area contributed by atoms with E-state index in [2.05, 4.69) is 9.71 Å². The van der Waals surface area contributed by atoms with E-state index < -0.39 is 38.2 Å². The molecule has 0 saturated carbocycles. The van der Waals surface area contributed by atoms with Gasteiger partial charge in [-0.2, -0.15) is 13.2 Å². The van der Waals surface area contributed by atoms with E-state index in [1.807, 2.05) is 0 Å². The number of aliphatic hydroxyl groups excluding tert-OH is 1. The van der Waals surface area contributed by atoms with Crippen LogP contribution < -0.4 is 9.46 Å². The number of halogens is 5. The van der Waals surface area contributed by atoms with Crippen LogP contribution >= 0.6 is 22.9 Å². The van der Waals surface area contributed by atoms with E-state index in [1.54, 1.807) is 24.3 Å². The van der Waals surface area contributed by atoms with Crippen molar-refractivity contribution >= 4 is 38.8 Å². The second kappa shape index (κ2) is 10.1. The number of nitrogens with one attached hydrogen (secondary N) is 1. The lowest BCUT2D eigenvalue weighted by Crippen LogP contribution is -2.15. The fourth-order valence-electron chi connectivity index (χ4n) is 3.23. The Morgan fingerprint density at radius 3 is 2.53 bits per heavy atom. The van der Waals surface area contributed by atoms with Crippen molar-refractivity contribution in [2.45, 2.75) is 17.7 Å². The number of rotatable bonds is 7. The summed E-state index contributed by atoms with van der Waals surface area (Å²) in [4.78, 5) is 2.97. The number of thiazole rings is 1. The van der Waals surface area contributed by atoms with Gasteiger partial charge in [-0.15, -0.1) is 11.3 Å². The molecule has 0 amide bonds. The Hall–Kier alpha value is -3.19. The van der Waals surface area contributed by atoms with Crippen LogP contribution in [0.5, 0.6) is 11.5 Å². The summed E-state index contributed by atoms with van der Waals surface area (Å²) in [7, 11) is -4.40. The maximum atomic E-state index is 14.9. The Balaban J connectivity index is 1.76. The van der Waals surface area contributed by atoms with Crippen molar-refractivity contribution in [1.82, 2.24) is 4.98 Å². The maximum absolute atomic E-state index is 14.9. The molecule has 0 fully saturated rings. The minimum Gasteiger partial charge on any atom is -0.455 e. The van der Waals surface area contributed by atoms with Gasteiger partial charge < -0.3 is 9.84 Å². The Morgan fingerprint density at radius 2 is 1.86 bits per heavy atom. The smallest absolute Gasteiger partial charge is 0.416 e. The predicted molar refractivity (Wildman–Crippen MR) is 127 cm³/mol. The third-order valence-corrected chi connectivity index (χ3v) is 7.15. The summed E-state index contributed by atoms with van der Waals surface area (Å²) in [5.74, 6) is -1.97. The number of aliphatic hydroxyl groups is 1. The van der Waals surface area contributed by atoms with Gasteiger partial charge in [0.25, 0.3) is 10.0 Å². The van der Waals surface area contributed by atoms with E-state index in [0.29, 0.717) is 17.2 Å². The summed E-state index contributed by atoms with van der Waals surface area (Å²) in [5, 5.41) is 10.4. The molecule has 4 aromatic rings. The zero-order valence-electron chi connectivity index (χ0n) is 17.9. The first-order chi connectivity index (χ1) is 17.0. The molecule has 0 spiro atoms. The quantitative estimate of drug-likeness (QED) is 0.246. The number of anilines is 1. The van der Waals surface area contributed by atoms with Gasteiger partial charge in [0.05, 0.1) is 22.7 Å². The molecular weight excluding hydrogens is 544 g/mol. The monoisotopic (exact) mass is 558 g/mol. The number of hydrogen-bond donors (Lipinski definition) is 2. The molecular formula is C23H15ClF4N2O4S2. The summed E-state index contributed by atoms with van der Waals surface area (Å²) in [6, 6.07) is 10.6. The first-order valence-electron chi connectivity index (χ1n) is 9.97. The van der Waals surface area contributed by atoms with Crippen LogP contribution in [0.25, 0.3) is 11.1 Å². The minimum absolute atomic E-state index is 0.0189.